The van der Waals surface area contributed by atoms with Crippen LogP contribution in [0.3, 0.4) is 0 Å². The van der Waals surface area contributed by atoms with E-state index in [9.17, 15) is 4.79 Å². The van der Waals surface area contributed by atoms with Crippen LogP contribution in [0.1, 0.15) is 5.56 Å². The molecule has 0 saturated carbocycles. The fourth-order valence-corrected chi connectivity index (χ4v) is 1.07. The number of rotatable bonds is 6. The monoisotopic (exact) mass is 206 g/mol. The molecule has 0 aromatic heterocycles. The molecule has 1 aromatic rings. The molecule has 0 aliphatic heterocycles. The van der Waals surface area contributed by atoms with Crippen molar-refractivity contribution in [1.29, 1.82) is 0 Å². The first-order chi connectivity index (χ1) is 7.36. The van der Waals surface area contributed by atoms with E-state index in [1.165, 1.54) is 6.08 Å². The summed E-state index contributed by atoms with van der Waals surface area (Å²) < 4.78 is 10.3. The van der Waals surface area contributed by atoms with Crippen molar-refractivity contribution in [2.45, 2.75) is 0 Å². The third-order valence-corrected chi connectivity index (χ3v) is 1.80. The minimum Gasteiger partial charge on any atom is -0.491 e. The van der Waals surface area contributed by atoms with Gasteiger partial charge in [0.25, 0.3) is 0 Å². The van der Waals surface area contributed by atoms with Gasteiger partial charge in [-0.3, -0.25) is 4.79 Å². The molecule has 0 radical (unpaired) electrons. The highest BCUT2D eigenvalue weighted by molar-refractivity contribution is 5.73. The van der Waals surface area contributed by atoms with Gasteiger partial charge in [-0.25, -0.2) is 0 Å². The largest absolute Gasteiger partial charge is 0.491 e. The number of ether oxygens (including phenoxy) is 2. The molecule has 0 atom stereocenters. The Labute approximate surface area is 89.3 Å². The van der Waals surface area contributed by atoms with E-state index in [4.69, 9.17) is 9.47 Å². The molecule has 80 valence electrons. The predicted molar refractivity (Wildman–Crippen MR) is 58.9 cm³/mol. The van der Waals surface area contributed by atoms with Gasteiger partial charge < -0.3 is 9.47 Å². The van der Waals surface area contributed by atoms with Crippen LogP contribution in [0.25, 0.3) is 6.08 Å². The summed E-state index contributed by atoms with van der Waals surface area (Å²) in [4.78, 5) is 10.1. The summed E-state index contributed by atoms with van der Waals surface area (Å²) in [5, 5.41) is 0. The Morgan fingerprint density at radius 1 is 1.20 bits per heavy atom. The lowest BCUT2D eigenvalue weighted by Gasteiger charge is -2.04. The van der Waals surface area contributed by atoms with Crippen molar-refractivity contribution in [3.05, 3.63) is 35.9 Å². The van der Waals surface area contributed by atoms with Gasteiger partial charge in [-0.2, -0.15) is 0 Å². The summed E-state index contributed by atoms with van der Waals surface area (Å²) in [5.74, 6) is 0.801. The van der Waals surface area contributed by atoms with E-state index in [1.807, 2.05) is 24.3 Å². The van der Waals surface area contributed by atoms with E-state index in [-0.39, 0.29) is 0 Å². The average molecular weight is 206 g/mol. The van der Waals surface area contributed by atoms with Crippen LogP contribution in [-0.2, 0) is 9.53 Å². The third kappa shape index (κ3) is 4.42. The Bertz CT molecular complexity index is 314. The summed E-state index contributed by atoms with van der Waals surface area (Å²) in [6.07, 6.45) is 3.95. The van der Waals surface area contributed by atoms with Gasteiger partial charge in [-0.15, -0.1) is 0 Å². The van der Waals surface area contributed by atoms with Crippen LogP contribution in [0.15, 0.2) is 30.3 Å². The molecular formula is C12H14O3. The zero-order valence-electron chi connectivity index (χ0n) is 8.68. The summed E-state index contributed by atoms with van der Waals surface area (Å²) in [6, 6.07) is 7.50. The zero-order valence-corrected chi connectivity index (χ0v) is 8.68. The molecule has 0 saturated heterocycles. The van der Waals surface area contributed by atoms with Crippen molar-refractivity contribution in [1.82, 2.24) is 0 Å². The Morgan fingerprint density at radius 3 is 2.53 bits per heavy atom. The van der Waals surface area contributed by atoms with Crippen molar-refractivity contribution in [2.24, 2.45) is 0 Å². The van der Waals surface area contributed by atoms with Crippen LogP contribution in [0.4, 0.5) is 0 Å². The summed E-state index contributed by atoms with van der Waals surface area (Å²) in [6.45, 7) is 1.12. The molecule has 0 aliphatic rings. The van der Waals surface area contributed by atoms with Crippen molar-refractivity contribution in [2.75, 3.05) is 20.3 Å². The van der Waals surface area contributed by atoms with Gasteiger partial charge in [0.1, 0.15) is 18.6 Å². The molecule has 1 rings (SSSR count). The maximum atomic E-state index is 10.1. The number of hydrogen-bond acceptors (Lipinski definition) is 3. The predicted octanol–water partition coefficient (Wildman–Crippen LogP) is 1.92. The molecule has 0 spiro atoms. The number of aldehydes is 1. The minimum absolute atomic E-state index is 0.542. The normalized spacial score (nSPS) is 10.5. The zero-order chi connectivity index (χ0) is 10.9. The molecule has 0 bridgehead atoms. The van der Waals surface area contributed by atoms with Crippen LogP contribution in [0.5, 0.6) is 5.75 Å². The lowest BCUT2D eigenvalue weighted by atomic mass is 10.2. The smallest absolute Gasteiger partial charge is 0.142 e. The topological polar surface area (TPSA) is 35.5 Å². The molecule has 0 fully saturated rings. The lowest BCUT2D eigenvalue weighted by Crippen LogP contribution is -2.03. The van der Waals surface area contributed by atoms with Gasteiger partial charge in [-0.05, 0) is 23.8 Å². The van der Waals surface area contributed by atoms with Crippen LogP contribution in [0, 0.1) is 0 Å². The quantitative estimate of drug-likeness (QED) is 0.405. The van der Waals surface area contributed by atoms with E-state index in [1.54, 1.807) is 13.2 Å². The molecule has 0 amide bonds. The molecule has 1 aromatic carbocycles. The number of methoxy groups -OCH3 is 1. The summed E-state index contributed by atoms with van der Waals surface area (Å²) in [5.41, 5.74) is 0.973. The van der Waals surface area contributed by atoms with Gasteiger partial charge in [0.2, 0.25) is 0 Å². The molecule has 0 heterocycles. The van der Waals surface area contributed by atoms with Gasteiger partial charge in [-0.1, -0.05) is 18.2 Å². The van der Waals surface area contributed by atoms with E-state index in [0.29, 0.717) is 13.2 Å². The first-order valence-corrected chi connectivity index (χ1v) is 4.70. The van der Waals surface area contributed by atoms with Crippen molar-refractivity contribution in [3.63, 3.8) is 0 Å². The molecular weight excluding hydrogens is 192 g/mol. The van der Waals surface area contributed by atoms with Crippen LogP contribution >= 0.6 is 0 Å². The number of carbonyl (C=O) groups excluding carboxylic acids is 1. The van der Waals surface area contributed by atoms with Gasteiger partial charge in [0.05, 0.1) is 6.61 Å². The number of allylic oxidation sites excluding steroid dienone is 1. The molecule has 0 aliphatic carbocycles. The van der Waals surface area contributed by atoms with Crippen molar-refractivity contribution >= 4 is 12.4 Å². The van der Waals surface area contributed by atoms with Crippen molar-refractivity contribution in [3.8, 4) is 5.75 Å². The standard InChI is InChI=1S/C12H14O3/c1-14-9-10-15-12-6-4-11(5-7-12)3-2-8-13/h2-8H,9-10H2,1H3/b3-2+. The van der Waals surface area contributed by atoms with E-state index >= 15 is 0 Å². The fourth-order valence-electron chi connectivity index (χ4n) is 1.07. The lowest BCUT2D eigenvalue weighted by molar-refractivity contribution is -0.104. The molecule has 15 heavy (non-hydrogen) atoms. The van der Waals surface area contributed by atoms with E-state index < -0.39 is 0 Å². The maximum Gasteiger partial charge on any atom is 0.142 e. The summed E-state index contributed by atoms with van der Waals surface area (Å²) in [7, 11) is 1.64. The van der Waals surface area contributed by atoms with Gasteiger partial charge >= 0.3 is 0 Å². The second-order valence-electron chi connectivity index (χ2n) is 2.91. The number of hydrogen-bond donors (Lipinski definition) is 0. The molecule has 0 N–H and O–H groups in total. The summed E-state index contributed by atoms with van der Waals surface area (Å²) >= 11 is 0. The second kappa shape index (κ2) is 6.79. The highest BCUT2D eigenvalue weighted by Gasteiger charge is 1.92. The average Bonchev–Trinajstić information content (AvgIpc) is 2.28. The minimum atomic E-state index is 0.542. The van der Waals surface area contributed by atoms with Crippen LogP contribution in [0.2, 0.25) is 0 Å². The Kier molecular flexibility index (Phi) is 5.19. The molecule has 3 heteroatoms. The number of carbonyl (C=O) groups is 1. The first-order valence-electron chi connectivity index (χ1n) is 4.70. The van der Waals surface area contributed by atoms with Gasteiger partial charge in [0, 0.05) is 7.11 Å². The maximum absolute atomic E-state index is 10.1. The Morgan fingerprint density at radius 2 is 1.93 bits per heavy atom. The highest BCUT2D eigenvalue weighted by atomic mass is 16.5. The highest BCUT2D eigenvalue weighted by Crippen LogP contribution is 2.12. The van der Waals surface area contributed by atoms with E-state index in [0.717, 1.165) is 17.6 Å². The second-order valence-corrected chi connectivity index (χ2v) is 2.91. The fraction of sp³-hybridized carbons (Fsp3) is 0.250. The Hall–Kier alpha value is -1.61. The Balaban J connectivity index is 2.48. The molecule has 3 nitrogen and oxygen atoms in total. The van der Waals surface area contributed by atoms with Crippen LogP contribution in [-0.4, -0.2) is 26.6 Å². The molecule has 0 unspecified atom stereocenters. The van der Waals surface area contributed by atoms with Gasteiger partial charge in [0.15, 0.2) is 0 Å². The SMILES string of the molecule is COCCOc1ccc(/C=C/C=O)cc1. The van der Waals surface area contributed by atoms with Crippen molar-refractivity contribution < 1.29 is 14.3 Å². The number of benzene rings is 1. The first kappa shape index (κ1) is 11.5. The van der Waals surface area contributed by atoms with E-state index in [2.05, 4.69) is 0 Å². The van der Waals surface area contributed by atoms with Crippen LogP contribution < -0.4 is 4.74 Å². The third-order valence-electron chi connectivity index (χ3n) is 1.80.